The zero-order valence-electron chi connectivity index (χ0n) is 9.45. The summed E-state index contributed by atoms with van der Waals surface area (Å²) in [5, 5.41) is 0. The van der Waals surface area contributed by atoms with Crippen molar-refractivity contribution in [1.29, 1.82) is 0 Å². The molecular formula is C13H20N2. The van der Waals surface area contributed by atoms with Gasteiger partial charge in [-0.15, -0.1) is 0 Å². The van der Waals surface area contributed by atoms with Crippen LogP contribution in [0.2, 0.25) is 0 Å². The maximum absolute atomic E-state index is 6.44. The molecule has 1 heterocycles. The van der Waals surface area contributed by atoms with Gasteiger partial charge in [0, 0.05) is 13.1 Å². The van der Waals surface area contributed by atoms with E-state index < -0.39 is 0 Å². The average Bonchev–Trinajstić information content (AvgIpc) is 2.31. The third-order valence-corrected chi connectivity index (χ3v) is 3.37. The molecule has 0 spiro atoms. The lowest BCUT2D eigenvalue weighted by Gasteiger charge is -2.41. The lowest BCUT2D eigenvalue weighted by molar-refractivity contribution is 0.0840. The highest BCUT2D eigenvalue weighted by Crippen LogP contribution is 2.25. The van der Waals surface area contributed by atoms with Crippen LogP contribution in [0.3, 0.4) is 0 Å². The second-order valence-corrected chi connectivity index (χ2v) is 4.56. The summed E-state index contributed by atoms with van der Waals surface area (Å²) in [5.41, 5.74) is 7.35. The van der Waals surface area contributed by atoms with Crippen molar-refractivity contribution in [3.8, 4) is 0 Å². The van der Waals surface area contributed by atoms with Gasteiger partial charge in [0.2, 0.25) is 0 Å². The van der Waals surface area contributed by atoms with E-state index in [4.69, 9.17) is 5.73 Å². The molecule has 0 radical (unpaired) electrons. The second kappa shape index (κ2) is 4.33. The Morgan fingerprint density at radius 2 is 1.67 bits per heavy atom. The van der Waals surface area contributed by atoms with Crippen LogP contribution in [0.5, 0.6) is 0 Å². The van der Waals surface area contributed by atoms with Crippen molar-refractivity contribution in [2.24, 2.45) is 5.73 Å². The Morgan fingerprint density at radius 1 is 1.07 bits per heavy atom. The van der Waals surface area contributed by atoms with Crippen LogP contribution in [0.4, 0.5) is 0 Å². The summed E-state index contributed by atoms with van der Waals surface area (Å²) in [4.78, 5) is 2.39. The lowest BCUT2D eigenvalue weighted by Crippen LogP contribution is -2.52. The Hall–Kier alpha value is -0.860. The Labute approximate surface area is 92.1 Å². The van der Waals surface area contributed by atoms with Gasteiger partial charge < -0.3 is 5.73 Å². The van der Waals surface area contributed by atoms with Gasteiger partial charge in [-0.25, -0.2) is 0 Å². The van der Waals surface area contributed by atoms with E-state index in [2.05, 4.69) is 36.1 Å². The molecule has 82 valence electrons. The molecule has 1 aromatic carbocycles. The first-order valence-corrected chi connectivity index (χ1v) is 5.81. The average molecular weight is 204 g/mol. The summed E-state index contributed by atoms with van der Waals surface area (Å²) >= 11 is 0. The van der Waals surface area contributed by atoms with Crippen molar-refractivity contribution < 1.29 is 0 Å². The van der Waals surface area contributed by atoms with E-state index in [0.29, 0.717) is 0 Å². The number of benzene rings is 1. The number of rotatable bonds is 2. The van der Waals surface area contributed by atoms with Gasteiger partial charge in [0.1, 0.15) is 0 Å². The summed E-state index contributed by atoms with van der Waals surface area (Å²) in [6, 6.07) is 10.4. The van der Waals surface area contributed by atoms with Gasteiger partial charge in [-0.05, 0) is 25.3 Å². The minimum Gasteiger partial charge on any atom is -0.310 e. The monoisotopic (exact) mass is 204 g/mol. The van der Waals surface area contributed by atoms with Crippen molar-refractivity contribution in [2.45, 2.75) is 31.8 Å². The molecule has 2 rings (SSSR count). The van der Waals surface area contributed by atoms with Crippen molar-refractivity contribution in [2.75, 3.05) is 13.1 Å². The molecule has 2 heteroatoms. The van der Waals surface area contributed by atoms with Crippen LogP contribution in [-0.2, 0) is 5.66 Å². The topological polar surface area (TPSA) is 29.3 Å². The molecule has 1 atom stereocenters. The van der Waals surface area contributed by atoms with Gasteiger partial charge in [0.25, 0.3) is 0 Å². The van der Waals surface area contributed by atoms with E-state index in [0.717, 1.165) is 13.1 Å². The summed E-state index contributed by atoms with van der Waals surface area (Å²) < 4.78 is 0. The Balaban J connectivity index is 2.18. The quantitative estimate of drug-likeness (QED) is 0.801. The first-order valence-electron chi connectivity index (χ1n) is 5.81. The van der Waals surface area contributed by atoms with Crippen LogP contribution in [0.25, 0.3) is 0 Å². The molecule has 0 amide bonds. The number of likely N-dealkylation sites (tertiary alicyclic amines) is 1. The van der Waals surface area contributed by atoms with Crippen LogP contribution >= 0.6 is 0 Å². The van der Waals surface area contributed by atoms with Gasteiger partial charge in [-0.3, -0.25) is 4.90 Å². The van der Waals surface area contributed by atoms with E-state index >= 15 is 0 Å². The molecule has 2 N–H and O–H groups in total. The van der Waals surface area contributed by atoms with Crippen molar-refractivity contribution in [1.82, 2.24) is 4.90 Å². The number of nitrogens with zero attached hydrogens (tertiary/aromatic N) is 1. The smallest absolute Gasteiger partial charge is 0.0920 e. The molecule has 1 saturated heterocycles. The SMILES string of the molecule is C[C@](N)(c1ccccc1)N1CCCCC1. The molecule has 15 heavy (non-hydrogen) atoms. The first kappa shape index (κ1) is 10.7. The lowest BCUT2D eigenvalue weighted by atomic mass is 9.97. The van der Waals surface area contributed by atoms with E-state index in [1.807, 2.05) is 6.07 Å². The fraction of sp³-hybridized carbons (Fsp3) is 0.538. The standard InChI is InChI=1S/C13H20N2/c1-13(14,12-8-4-2-5-9-12)15-10-6-3-7-11-15/h2,4-5,8-9H,3,6-7,10-11,14H2,1H3/t13-/m1/s1. The largest absolute Gasteiger partial charge is 0.310 e. The first-order chi connectivity index (χ1) is 7.21. The maximum atomic E-state index is 6.44. The van der Waals surface area contributed by atoms with E-state index in [9.17, 15) is 0 Å². The molecule has 0 aromatic heterocycles. The van der Waals surface area contributed by atoms with Crippen molar-refractivity contribution in [3.05, 3.63) is 35.9 Å². The van der Waals surface area contributed by atoms with E-state index in [1.54, 1.807) is 0 Å². The van der Waals surface area contributed by atoms with Crippen LogP contribution in [0.15, 0.2) is 30.3 Å². The van der Waals surface area contributed by atoms with Gasteiger partial charge in [-0.1, -0.05) is 36.8 Å². The van der Waals surface area contributed by atoms with Gasteiger partial charge in [0.05, 0.1) is 5.66 Å². The minimum atomic E-state index is -0.304. The summed E-state index contributed by atoms with van der Waals surface area (Å²) in [7, 11) is 0. The fourth-order valence-electron chi connectivity index (χ4n) is 2.32. The summed E-state index contributed by atoms with van der Waals surface area (Å²) in [5.74, 6) is 0. The molecule has 2 nitrogen and oxygen atoms in total. The summed E-state index contributed by atoms with van der Waals surface area (Å²) in [6.45, 7) is 4.37. The number of piperidine rings is 1. The highest BCUT2D eigenvalue weighted by atomic mass is 15.3. The highest BCUT2D eigenvalue weighted by Gasteiger charge is 2.29. The number of hydrogen-bond donors (Lipinski definition) is 1. The van der Waals surface area contributed by atoms with Gasteiger partial charge >= 0.3 is 0 Å². The molecule has 0 aliphatic carbocycles. The number of nitrogens with two attached hydrogens (primary N) is 1. The van der Waals surface area contributed by atoms with Crippen molar-refractivity contribution >= 4 is 0 Å². The van der Waals surface area contributed by atoms with Gasteiger partial charge in [0.15, 0.2) is 0 Å². The Bertz CT molecular complexity index is 300. The van der Waals surface area contributed by atoms with E-state index in [1.165, 1.54) is 24.8 Å². The predicted octanol–water partition coefficient (Wildman–Crippen LogP) is 2.30. The number of hydrogen-bond acceptors (Lipinski definition) is 2. The predicted molar refractivity (Wildman–Crippen MR) is 63.4 cm³/mol. The summed E-state index contributed by atoms with van der Waals surface area (Å²) in [6.07, 6.45) is 3.90. The zero-order chi connectivity index (χ0) is 10.7. The van der Waals surface area contributed by atoms with Crippen LogP contribution in [0, 0.1) is 0 Å². The van der Waals surface area contributed by atoms with Crippen LogP contribution in [-0.4, -0.2) is 18.0 Å². The molecule has 1 aliphatic heterocycles. The normalized spacial score (nSPS) is 22.3. The van der Waals surface area contributed by atoms with Crippen LogP contribution in [0.1, 0.15) is 31.7 Å². The molecule has 0 unspecified atom stereocenters. The van der Waals surface area contributed by atoms with Crippen LogP contribution < -0.4 is 5.73 Å². The minimum absolute atomic E-state index is 0.304. The Kier molecular flexibility index (Phi) is 3.08. The molecule has 1 aromatic rings. The Morgan fingerprint density at radius 3 is 2.27 bits per heavy atom. The highest BCUT2D eigenvalue weighted by molar-refractivity contribution is 5.22. The fourth-order valence-corrected chi connectivity index (χ4v) is 2.32. The van der Waals surface area contributed by atoms with Crippen molar-refractivity contribution in [3.63, 3.8) is 0 Å². The molecule has 0 bridgehead atoms. The van der Waals surface area contributed by atoms with E-state index in [-0.39, 0.29) is 5.66 Å². The zero-order valence-corrected chi connectivity index (χ0v) is 9.45. The molecule has 1 aliphatic rings. The molecule has 0 saturated carbocycles. The van der Waals surface area contributed by atoms with Gasteiger partial charge in [-0.2, -0.15) is 0 Å². The molecule has 1 fully saturated rings. The third-order valence-electron chi connectivity index (χ3n) is 3.37. The second-order valence-electron chi connectivity index (χ2n) is 4.56. The molecular weight excluding hydrogens is 184 g/mol. The third kappa shape index (κ3) is 2.21. The maximum Gasteiger partial charge on any atom is 0.0920 e.